The first kappa shape index (κ1) is 14.1. The van der Waals surface area contributed by atoms with Crippen LogP contribution >= 0.6 is 0 Å². The fourth-order valence-electron chi connectivity index (χ4n) is 1.27. The van der Waals surface area contributed by atoms with Crippen LogP contribution in [0.5, 0.6) is 0 Å². The zero-order chi connectivity index (χ0) is 13.8. The van der Waals surface area contributed by atoms with Gasteiger partial charge < -0.3 is 15.2 Å². The first-order chi connectivity index (χ1) is 8.42. The molecule has 1 aromatic rings. The molecule has 0 aliphatic heterocycles. The number of carboxylic acids is 1. The summed E-state index contributed by atoms with van der Waals surface area (Å²) < 4.78 is 5.14. The van der Waals surface area contributed by atoms with E-state index in [2.05, 4.69) is 10.3 Å². The highest BCUT2D eigenvalue weighted by Gasteiger charge is 2.31. The average molecular weight is 252 g/mol. The molecule has 18 heavy (non-hydrogen) atoms. The molecule has 1 unspecified atom stereocenters. The number of hydrogen-bond donors (Lipinski definition) is 2. The number of nitrogens with zero attached hydrogens (tertiary/aromatic N) is 1. The van der Waals surface area contributed by atoms with E-state index in [-0.39, 0.29) is 17.4 Å². The smallest absolute Gasteiger partial charge is 0.354 e. The maximum Gasteiger partial charge on any atom is 0.354 e. The zero-order valence-electron chi connectivity index (χ0n) is 10.6. The molecule has 0 spiro atoms. The number of methoxy groups -OCH3 is 1. The van der Waals surface area contributed by atoms with E-state index in [1.807, 2.05) is 6.92 Å². The molecular weight excluding hydrogens is 236 g/mol. The van der Waals surface area contributed by atoms with Gasteiger partial charge in [0.15, 0.2) is 5.69 Å². The second kappa shape index (κ2) is 5.59. The fourth-order valence-corrected chi connectivity index (χ4v) is 1.27. The van der Waals surface area contributed by atoms with Crippen molar-refractivity contribution in [3.8, 4) is 0 Å². The molecular formula is C12H16N2O4. The van der Waals surface area contributed by atoms with E-state index in [1.54, 1.807) is 6.92 Å². The number of aromatic nitrogens is 1. The van der Waals surface area contributed by atoms with Gasteiger partial charge in [-0.25, -0.2) is 9.78 Å². The normalized spacial score (nSPS) is 13.7. The molecule has 1 amide bonds. The number of carbonyl (C=O) groups is 2. The van der Waals surface area contributed by atoms with E-state index in [4.69, 9.17) is 9.84 Å². The third-order valence-corrected chi connectivity index (χ3v) is 2.82. The Morgan fingerprint density at radius 2 is 2.17 bits per heavy atom. The van der Waals surface area contributed by atoms with Crippen LogP contribution in [0, 0.1) is 0 Å². The van der Waals surface area contributed by atoms with Crippen LogP contribution in [-0.4, -0.2) is 34.7 Å². The number of nitrogens with one attached hydrogen (secondary N) is 1. The van der Waals surface area contributed by atoms with Crippen LogP contribution in [0.1, 0.15) is 30.8 Å². The summed E-state index contributed by atoms with van der Waals surface area (Å²) in [5.74, 6) is -1.31. The second-order valence-corrected chi connectivity index (χ2v) is 3.96. The number of rotatable bonds is 5. The molecule has 0 saturated heterocycles. The lowest BCUT2D eigenvalue weighted by atomic mass is 10.0. The van der Waals surface area contributed by atoms with Crippen molar-refractivity contribution < 1.29 is 19.4 Å². The standard InChI is InChI=1S/C12H16N2O4/c1-4-12(2,18-3)11(17)14-9-7-5-6-8(13-9)10(15)16/h5-7H,4H2,1-3H3,(H,15,16)(H,13,14,17). The summed E-state index contributed by atoms with van der Waals surface area (Å²) in [7, 11) is 1.45. The predicted molar refractivity (Wildman–Crippen MR) is 65.5 cm³/mol. The fraction of sp³-hybridized carbons (Fsp3) is 0.417. The van der Waals surface area contributed by atoms with Crippen LogP contribution < -0.4 is 5.32 Å². The summed E-state index contributed by atoms with van der Waals surface area (Å²) in [6.45, 7) is 3.48. The number of amides is 1. The monoisotopic (exact) mass is 252 g/mol. The average Bonchev–Trinajstić information content (AvgIpc) is 2.38. The van der Waals surface area contributed by atoms with Crippen molar-refractivity contribution in [2.24, 2.45) is 0 Å². The van der Waals surface area contributed by atoms with Crippen molar-refractivity contribution in [2.75, 3.05) is 12.4 Å². The van der Waals surface area contributed by atoms with Gasteiger partial charge in [-0.15, -0.1) is 0 Å². The van der Waals surface area contributed by atoms with Gasteiger partial charge in [-0.05, 0) is 25.5 Å². The van der Waals surface area contributed by atoms with Gasteiger partial charge in [-0.3, -0.25) is 4.79 Å². The molecule has 0 aliphatic carbocycles. The van der Waals surface area contributed by atoms with E-state index >= 15 is 0 Å². The molecule has 1 heterocycles. The molecule has 0 saturated carbocycles. The number of anilines is 1. The minimum atomic E-state index is -1.14. The van der Waals surface area contributed by atoms with Crippen molar-refractivity contribution in [1.82, 2.24) is 4.98 Å². The first-order valence-electron chi connectivity index (χ1n) is 5.50. The summed E-state index contributed by atoms with van der Waals surface area (Å²) >= 11 is 0. The summed E-state index contributed by atoms with van der Waals surface area (Å²) in [5.41, 5.74) is -1.08. The number of hydrogen-bond acceptors (Lipinski definition) is 4. The summed E-state index contributed by atoms with van der Waals surface area (Å²) in [5, 5.41) is 11.3. The van der Waals surface area contributed by atoms with Gasteiger partial charge in [0.1, 0.15) is 11.4 Å². The Morgan fingerprint density at radius 3 is 2.67 bits per heavy atom. The van der Waals surface area contributed by atoms with Crippen molar-refractivity contribution in [3.63, 3.8) is 0 Å². The number of pyridine rings is 1. The largest absolute Gasteiger partial charge is 0.477 e. The Labute approximate surface area is 105 Å². The Morgan fingerprint density at radius 1 is 1.50 bits per heavy atom. The van der Waals surface area contributed by atoms with E-state index in [0.29, 0.717) is 6.42 Å². The minimum absolute atomic E-state index is 0.122. The van der Waals surface area contributed by atoms with Crippen molar-refractivity contribution >= 4 is 17.7 Å². The Bertz CT molecular complexity index is 455. The molecule has 0 aliphatic rings. The second-order valence-electron chi connectivity index (χ2n) is 3.96. The SMILES string of the molecule is CCC(C)(OC)C(=O)Nc1cccc(C(=O)O)n1. The summed E-state index contributed by atoms with van der Waals surface area (Å²) in [4.78, 5) is 26.5. The van der Waals surface area contributed by atoms with Crippen LogP contribution in [-0.2, 0) is 9.53 Å². The maximum absolute atomic E-state index is 12.0. The summed E-state index contributed by atoms with van der Waals surface area (Å²) in [6.07, 6.45) is 0.494. The van der Waals surface area contributed by atoms with Gasteiger partial charge in [0, 0.05) is 7.11 Å². The molecule has 1 rings (SSSR count). The molecule has 2 N–H and O–H groups in total. The number of ether oxygens (including phenoxy) is 1. The summed E-state index contributed by atoms with van der Waals surface area (Å²) in [6, 6.07) is 4.39. The van der Waals surface area contributed by atoms with Crippen LogP contribution in [0.3, 0.4) is 0 Å². The molecule has 1 aromatic heterocycles. The van der Waals surface area contributed by atoms with E-state index in [9.17, 15) is 9.59 Å². The Kier molecular flexibility index (Phi) is 4.38. The highest BCUT2D eigenvalue weighted by atomic mass is 16.5. The zero-order valence-corrected chi connectivity index (χ0v) is 10.6. The lowest BCUT2D eigenvalue weighted by molar-refractivity contribution is -0.136. The lowest BCUT2D eigenvalue weighted by Crippen LogP contribution is -2.41. The topological polar surface area (TPSA) is 88.5 Å². The minimum Gasteiger partial charge on any atom is -0.477 e. The number of aromatic carboxylic acids is 1. The third-order valence-electron chi connectivity index (χ3n) is 2.82. The first-order valence-corrected chi connectivity index (χ1v) is 5.50. The highest BCUT2D eigenvalue weighted by molar-refractivity contribution is 5.96. The number of carboxylic acid groups (broad SMARTS) is 1. The lowest BCUT2D eigenvalue weighted by Gasteiger charge is -2.24. The molecule has 6 nitrogen and oxygen atoms in total. The van der Waals surface area contributed by atoms with Gasteiger partial charge in [0.2, 0.25) is 0 Å². The van der Waals surface area contributed by atoms with Crippen LogP contribution in [0.25, 0.3) is 0 Å². The van der Waals surface area contributed by atoms with Crippen LogP contribution in [0.4, 0.5) is 5.82 Å². The van der Waals surface area contributed by atoms with Crippen LogP contribution in [0.2, 0.25) is 0 Å². The molecule has 0 aromatic carbocycles. The van der Waals surface area contributed by atoms with Crippen molar-refractivity contribution in [2.45, 2.75) is 25.9 Å². The molecule has 0 fully saturated rings. The molecule has 0 bridgehead atoms. The van der Waals surface area contributed by atoms with Gasteiger partial charge >= 0.3 is 5.97 Å². The third kappa shape index (κ3) is 3.04. The maximum atomic E-state index is 12.0. The molecule has 0 radical (unpaired) electrons. The van der Waals surface area contributed by atoms with E-state index in [1.165, 1.54) is 25.3 Å². The quantitative estimate of drug-likeness (QED) is 0.829. The highest BCUT2D eigenvalue weighted by Crippen LogP contribution is 2.16. The Balaban J connectivity index is 2.88. The van der Waals surface area contributed by atoms with Crippen molar-refractivity contribution in [3.05, 3.63) is 23.9 Å². The molecule has 98 valence electrons. The number of carbonyl (C=O) groups excluding carboxylic acids is 1. The van der Waals surface area contributed by atoms with E-state index in [0.717, 1.165) is 0 Å². The van der Waals surface area contributed by atoms with E-state index < -0.39 is 11.6 Å². The van der Waals surface area contributed by atoms with Gasteiger partial charge in [-0.1, -0.05) is 13.0 Å². The van der Waals surface area contributed by atoms with Gasteiger partial charge in [0.25, 0.3) is 5.91 Å². The molecule has 1 atom stereocenters. The van der Waals surface area contributed by atoms with Gasteiger partial charge in [-0.2, -0.15) is 0 Å². The Hall–Kier alpha value is -1.95. The van der Waals surface area contributed by atoms with Gasteiger partial charge in [0.05, 0.1) is 0 Å². The molecule has 6 heteroatoms. The predicted octanol–water partition coefficient (Wildman–Crippen LogP) is 1.53. The van der Waals surface area contributed by atoms with Crippen molar-refractivity contribution in [1.29, 1.82) is 0 Å². The van der Waals surface area contributed by atoms with Crippen LogP contribution in [0.15, 0.2) is 18.2 Å².